The highest BCUT2D eigenvalue weighted by Gasteiger charge is 2.23. The Morgan fingerprint density at radius 2 is 1.55 bits per heavy atom. The lowest BCUT2D eigenvalue weighted by Gasteiger charge is -2.28. The summed E-state index contributed by atoms with van der Waals surface area (Å²) in [7, 11) is 0. The van der Waals surface area contributed by atoms with Gasteiger partial charge in [-0.3, -0.25) is 0 Å². The van der Waals surface area contributed by atoms with Crippen LogP contribution in [0.15, 0.2) is 66.7 Å². The number of ether oxygens (including phenoxy) is 1. The van der Waals surface area contributed by atoms with E-state index in [1.165, 1.54) is 13.0 Å². The van der Waals surface area contributed by atoms with Crippen molar-refractivity contribution >= 4 is 0 Å². The van der Waals surface area contributed by atoms with Crippen LogP contribution >= 0.6 is 0 Å². The molecule has 1 saturated heterocycles. The van der Waals surface area contributed by atoms with Crippen LogP contribution in [0.3, 0.4) is 0 Å². The molecule has 3 aromatic rings. The third kappa shape index (κ3) is 4.45. The fourth-order valence-corrected chi connectivity index (χ4v) is 4.13. The predicted octanol–water partition coefficient (Wildman–Crippen LogP) is 7.59. The van der Waals surface area contributed by atoms with Crippen LogP contribution in [0.1, 0.15) is 36.8 Å². The summed E-state index contributed by atoms with van der Waals surface area (Å²) in [5.74, 6) is -1.87. The van der Waals surface area contributed by atoms with Gasteiger partial charge in [-0.15, -0.1) is 0 Å². The van der Waals surface area contributed by atoms with E-state index in [0.29, 0.717) is 17.7 Å². The van der Waals surface area contributed by atoms with Gasteiger partial charge in [0.15, 0.2) is 11.6 Å². The molecule has 1 fully saturated rings. The van der Waals surface area contributed by atoms with Crippen LogP contribution in [-0.2, 0) is 4.74 Å². The van der Waals surface area contributed by atoms with Gasteiger partial charge in [0.25, 0.3) is 0 Å². The molecule has 0 aromatic heterocycles. The van der Waals surface area contributed by atoms with Gasteiger partial charge in [0.05, 0.1) is 12.7 Å². The Labute approximate surface area is 181 Å². The Kier molecular flexibility index (Phi) is 6.28. The minimum atomic E-state index is -0.852. The zero-order valence-electron chi connectivity index (χ0n) is 17.7. The molecule has 0 radical (unpaired) electrons. The highest BCUT2D eigenvalue weighted by molar-refractivity contribution is 5.71. The zero-order valence-corrected chi connectivity index (χ0v) is 17.7. The predicted molar refractivity (Wildman–Crippen MR) is 118 cm³/mol. The topological polar surface area (TPSA) is 9.23 Å². The van der Waals surface area contributed by atoms with Crippen LogP contribution in [0.5, 0.6) is 0 Å². The normalized spacial score (nSPS) is 19.1. The molecule has 0 aliphatic carbocycles. The standard InChI is InChI=1S/C27H25F3O/c1-3-4-22-12-10-21(16-31-22)23-14-11-20(15-25(23)28)18-6-8-19(9-7-18)24-13-5-17(2)26(29)27(24)30/h3-9,11,13-15,21-22H,10,12,16H2,1-2H3/b4-3+. The van der Waals surface area contributed by atoms with Gasteiger partial charge >= 0.3 is 0 Å². The van der Waals surface area contributed by atoms with Crippen molar-refractivity contribution in [2.24, 2.45) is 0 Å². The van der Waals surface area contributed by atoms with Crippen molar-refractivity contribution in [3.05, 3.63) is 95.3 Å². The molecule has 160 valence electrons. The van der Waals surface area contributed by atoms with Gasteiger partial charge in [-0.2, -0.15) is 0 Å². The summed E-state index contributed by atoms with van der Waals surface area (Å²) in [5.41, 5.74) is 3.30. The Hall–Kier alpha value is -2.85. The molecular formula is C27H25F3O. The molecule has 1 heterocycles. The lowest BCUT2D eigenvalue weighted by Crippen LogP contribution is -2.23. The van der Waals surface area contributed by atoms with E-state index < -0.39 is 11.6 Å². The van der Waals surface area contributed by atoms with Gasteiger partial charge in [-0.25, -0.2) is 13.2 Å². The van der Waals surface area contributed by atoms with E-state index >= 15 is 0 Å². The molecule has 1 aliphatic heterocycles. The van der Waals surface area contributed by atoms with Crippen LogP contribution < -0.4 is 0 Å². The first-order valence-corrected chi connectivity index (χ1v) is 10.6. The van der Waals surface area contributed by atoms with Gasteiger partial charge < -0.3 is 4.74 Å². The molecule has 0 spiro atoms. The first-order valence-electron chi connectivity index (χ1n) is 10.6. The van der Waals surface area contributed by atoms with Gasteiger partial charge in [0.1, 0.15) is 5.82 Å². The Morgan fingerprint density at radius 1 is 0.839 bits per heavy atom. The van der Waals surface area contributed by atoms with Gasteiger partial charge in [-0.05, 0) is 60.6 Å². The number of halogens is 3. The van der Waals surface area contributed by atoms with E-state index in [1.807, 2.05) is 31.2 Å². The summed E-state index contributed by atoms with van der Waals surface area (Å²) in [6, 6.07) is 15.5. The number of aryl methyl sites for hydroxylation is 1. The summed E-state index contributed by atoms with van der Waals surface area (Å²) in [5, 5.41) is 0. The van der Waals surface area contributed by atoms with Gasteiger partial charge in [0, 0.05) is 11.5 Å². The number of benzene rings is 3. The van der Waals surface area contributed by atoms with Crippen LogP contribution in [0.25, 0.3) is 22.3 Å². The maximum absolute atomic E-state index is 14.9. The van der Waals surface area contributed by atoms with E-state index in [-0.39, 0.29) is 29.0 Å². The summed E-state index contributed by atoms with van der Waals surface area (Å²) in [4.78, 5) is 0. The molecule has 0 amide bonds. The van der Waals surface area contributed by atoms with E-state index in [0.717, 1.165) is 24.0 Å². The van der Waals surface area contributed by atoms with Crippen molar-refractivity contribution in [3.8, 4) is 22.3 Å². The highest BCUT2D eigenvalue weighted by Crippen LogP contribution is 2.33. The minimum absolute atomic E-state index is 0.0531. The minimum Gasteiger partial charge on any atom is -0.374 e. The maximum atomic E-state index is 14.9. The second-order valence-electron chi connectivity index (χ2n) is 8.04. The molecule has 1 nitrogen and oxygen atoms in total. The third-order valence-corrected chi connectivity index (χ3v) is 5.96. The van der Waals surface area contributed by atoms with Crippen LogP contribution in [0, 0.1) is 24.4 Å². The first-order chi connectivity index (χ1) is 15.0. The molecule has 0 bridgehead atoms. The molecule has 0 saturated carbocycles. The van der Waals surface area contributed by atoms with Crippen LogP contribution in [0.2, 0.25) is 0 Å². The monoisotopic (exact) mass is 422 g/mol. The molecule has 4 rings (SSSR count). The Bertz CT molecular complexity index is 1090. The summed E-state index contributed by atoms with van der Waals surface area (Å²) in [6.07, 6.45) is 5.91. The van der Waals surface area contributed by atoms with E-state index in [4.69, 9.17) is 4.74 Å². The van der Waals surface area contributed by atoms with Crippen molar-refractivity contribution in [1.29, 1.82) is 0 Å². The Morgan fingerprint density at radius 3 is 2.19 bits per heavy atom. The van der Waals surface area contributed by atoms with E-state index in [2.05, 4.69) is 0 Å². The van der Waals surface area contributed by atoms with E-state index in [9.17, 15) is 13.2 Å². The third-order valence-electron chi connectivity index (χ3n) is 5.96. The molecule has 2 atom stereocenters. The van der Waals surface area contributed by atoms with Crippen molar-refractivity contribution in [2.45, 2.75) is 38.7 Å². The second kappa shape index (κ2) is 9.11. The number of hydrogen-bond donors (Lipinski definition) is 0. The van der Waals surface area contributed by atoms with Crippen molar-refractivity contribution in [1.82, 2.24) is 0 Å². The lowest BCUT2D eigenvalue weighted by molar-refractivity contribution is 0.0319. The van der Waals surface area contributed by atoms with Crippen LogP contribution in [0.4, 0.5) is 13.2 Å². The smallest absolute Gasteiger partial charge is 0.166 e. The number of allylic oxidation sites excluding steroid dienone is 1. The summed E-state index contributed by atoms with van der Waals surface area (Å²) < 4.78 is 48.9. The number of hydrogen-bond acceptors (Lipinski definition) is 1. The van der Waals surface area contributed by atoms with Gasteiger partial charge in [0.2, 0.25) is 0 Å². The molecule has 2 unspecified atom stereocenters. The summed E-state index contributed by atoms with van der Waals surface area (Å²) in [6.45, 7) is 4.01. The Balaban J connectivity index is 1.53. The molecule has 1 aliphatic rings. The lowest BCUT2D eigenvalue weighted by atomic mass is 9.89. The second-order valence-corrected chi connectivity index (χ2v) is 8.04. The fourth-order valence-electron chi connectivity index (χ4n) is 4.13. The average molecular weight is 422 g/mol. The average Bonchev–Trinajstić information content (AvgIpc) is 2.79. The molecule has 31 heavy (non-hydrogen) atoms. The van der Waals surface area contributed by atoms with Gasteiger partial charge in [-0.1, -0.05) is 60.7 Å². The largest absolute Gasteiger partial charge is 0.374 e. The SMILES string of the molecule is C/C=C/C1CCC(c2ccc(-c3ccc(-c4ccc(C)c(F)c4F)cc3)cc2F)CO1. The molecular weight excluding hydrogens is 397 g/mol. The first kappa shape index (κ1) is 21.4. The summed E-state index contributed by atoms with van der Waals surface area (Å²) >= 11 is 0. The fraction of sp³-hybridized carbons (Fsp3) is 0.259. The zero-order chi connectivity index (χ0) is 22.0. The van der Waals surface area contributed by atoms with Crippen LogP contribution in [-0.4, -0.2) is 12.7 Å². The van der Waals surface area contributed by atoms with Crippen molar-refractivity contribution < 1.29 is 17.9 Å². The maximum Gasteiger partial charge on any atom is 0.166 e. The molecule has 4 heteroatoms. The quantitative estimate of drug-likeness (QED) is 0.394. The van der Waals surface area contributed by atoms with Crippen molar-refractivity contribution in [3.63, 3.8) is 0 Å². The highest BCUT2D eigenvalue weighted by atomic mass is 19.2. The number of rotatable bonds is 4. The van der Waals surface area contributed by atoms with Crippen molar-refractivity contribution in [2.75, 3.05) is 6.61 Å². The molecule has 0 N–H and O–H groups in total. The molecule has 3 aromatic carbocycles. The van der Waals surface area contributed by atoms with E-state index in [1.54, 1.807) is 36.4 Å².